The highest BCUT2D eigenvalue weighted by molar-refractivity contribution is 7.99. The van der Waals surface area contributed by atoms with Gasteiger partial charge in [-0.2, -0.15) is 0 Å². The van der Waals surface area contributed by atoms with Crippen LogP contribution in [0.1, 0.15) is 30.9 Å². The Morgan fingerprint density at radius 3 is 2.16 bits per heavy atom. The highest BCUT2D eigenvalue weighted by Crippen LogP contribution is 2.27. The molecule has 0 aliphatic heterocycles. The van der Waals surface area contributed by atoms with Crippen LogP contribution in [0.3, 0.4) is 0 Å². The van der Waals surface area contributed by atoms with Crippen molar-refractivity contribution in [3.05, 3.63) is 47.5 Å². The van der Waals surface area contributed by atoms with Gasteiger partial charge in [-0.25, -0.2) is 0 Å². The predicted octanol–water partition coefficient (Wildman–Crippen LogP) is 6.38. The molecule has 0 fully saturated rings. The molecule has 0 unspecified atom stereocenters. The van der Waals surface area contributed by atoms with E-state index in [0.717, 1.165) is 23.7 Å². The molecular formula is C21H28O2S2. The number of rotatable bonds is 10. The quantitative estimate of drug-likeness (QED) is 0.354. The molecule has 25 heavy (non-hydrogen) atoms. The van der Waals surface area contributed by atoms with Gasteiger partial charge in [0.05, 0.1) is 13.2 Å². The standard InChI is InChI=1S/C21H28O2S2/c1-5-13-25-21-15-19(8-7-16(21)2)23-12-6-11-22-18-9-10-20(24-4)17(3)14-18/h7-10,14-15H,5-6,11-13H2,1-4H3. The summed E-state index contributed by atoms with van der Waals surface area (Å²) in [6.45, 7) is 7.82. The van der Waals surface area contributed by atoms with Crippen LogP contribution in [0.25, 0.3) is 0 Å². The number of aryl methyl sites for hydroxylation is 2. The number of hydrogen-bond donors (Lipinski definition) is 0. The van der Waals surface area contributed by atoms with Crippen molar-refractivity contribution in [3.8, 4) is 11.5 Å². The number of ether oxygens (including phenoxy) is 2. The summed E-state index contributed by atoms with van der Waals surface area (Å²) in [5, 5.41) is 0. The second-order valence-electron chi connectivity index (χ2n) is 5.96. The topological polar surface area (TPSA) is 18.5 Å². The summed E-state index contributed by atoms with van der Waals surface area (Å²) in [5.41, 5.74) is 2.58. The molecule has 0 N–H and O–H groups in total. The number of benzene rings is 2. The maximum absolute atomic E-state index is 5.88. The molecule has 2 nitrogen and oxygen atoms in total. The monoisotopic (exact) mass is 376 g/mol. The second kappa shape index (κ2) is 10.7. The van der Waals surface area contributed by atoms with E-state index >= 15 is 0 Å². The fourth-order valence-electron chi connectivity index (χ4n) is 2.42. The minimum Gasteiger partial charge on any atom is -0.493 e. The third-order valence-corrected chi connectivity index (χ3v) is 6.07. The van der Waals surface area contributed by atoms with E-state index in [9.17, 15) is 0 Å². The molecular weight excluding hydrogens is 348 g/mol. The molecule has 0 aliphatic carbocycles. The van der Waals surface area contributed by atoms with Crippen molar-refractivity contribution < 1.29 is 9.47 Å². The lowest BCUT2D eigenvalue weighted by Crippen LogP contribution is -2.05. The molecule has 2 aromatic carbocycles. The van der Waals surface area contributed by atoms with Crippen LogP contribution in [0.15, 0.2) is 46.2 Å². The van der Waals surface area contributed by atoms with Crippen LogP contribution in [0, 0.1) is 13.8 Å². The molecule has 0 saturated carbocycles. The first-order chi connectivity index (χ1) is 12.1. The average molecular weight is 377 g/mol. The molecule has 136 valence electrons. The Hall–Kier alpha value is -1.26. The zero-order valence-corrected chi connectivity index (χ0v) is 17.3. The van der Waals surface area contributed by atoms with Crippen molar-refractivity contribution in [2.75, 3.05) is 25.2 Å². The van der Waals surface area contributed by atoms with Gasteiger partial charge in [0.15, 0.2) is 0 Å². The van der Waals surface area contributed by atoms with Crippen LogP contribution < -0.4 is 9.47 Å². The van der Waals surface area contributed by atoms with E-state index < -0.39 is 0 Å². The van der Waals surface area contributed by atoms with Gasteiger partial charge in [0.1, 0.15) is 11.5 Å². The Balaban J connectivity index is 1.75. The van der Waals surface area contributed by atoms with Crippen LogP contribution in [-0.2, 0) is 0 Å². The van der Waals surface area contributed by atoms with E-state index in [1.807, 2.05) is 17.8 Å². The Morgan fingerprint density at radius 2 is 1.52 bits per heavy atom. The molecule has 4 heteroatoms. The lowest BCUT2D eigenvalue weighted by molar-refractivity contribution is 0.247. The average Bonchev–Trinajstić information content (AvgIpc) is 2.61. The number of hydrogen-bond acceptors (Lipinski definition) is 4. The molecule has 0 saturated heterocycles. The van der Waals surface area contributed by atoms with E-state index in [4.69, 9.17) is 9.47 Å². The van der Waals surface area contributed by atoms with Crippen LogP contribution in [0.2, 0.25) is 0 Å². The highest BCUT2D eigenvalue weighted by Gasteiger charge is 2.03. The zero-order chi connectivity index (χ0) is 18.1. The van der Waals surface area contributed by atoms with Crippen molar-refractivity contribution in [1.82, 2.24) is 0 Å². The van der Waals surface area contributed by atoms with Gasteiger partial charge in [-0.15, -0.1) is 23.5 Å². The van der Waals surface area contributed by atoms with Gasteiger partial charge >= 0.3 is 0 Å². The summed E-state index contributed by atoms with van der Waals surface area (Å²) in [6.07, 6.45) is 4.15. The molecule has 0 heterocycles. The Bertz CT molecular complexity index is 671. The summed E-state index contributed by atoms with van der Waals surface area (Å²) in [6, 6.07) is 12.6. The highest BCUT2D eigenvalue weighted by atomic mass is 32.2. The normalized spacial score (nSPS) is 10.7. The van der Waals surface area contributed by atoms with Gasteiger partial charge in [0, 0.05) is 16.2 Å². The predicted molar refractivity (Wildman–Crippen MR) is 111 cm³/mol. The van der Waals surface area contributed by atoms with Gasteiger partial charge in [0.25, 0.3) is 0 Å². The summed E-state index contributed by atoms with van der Waals surface area (Å²) < 4.78 is 11.7. The van der Waals surface area contributed by atoms with Crippen molar-refractivity contribution >= 4 is 23.5 Å². The maximum Gasteiger partial charge on any atom is 0.120 e. The Morgan fingerprint density at radius 1 is 0.840 bits per heavy atom. The van der Waals surface area contributed by atoms with Gasteiger partial charge in [-0.3, -0.25) is 0 Å². The summed E-state index contributed by atoms with van der Waals surface area (Å²) in [7, 11) is 0. The van der Waals surface area contributed by atoms with Gasteiger partial charge in [0.2, 0.25) is 0 Å². The first-order valence-electron chi connectivity index (χ1n) is 8.77. The molecule has 0 bridgehead atoms. The third-order valence-electron chi connectivity index (χ3n) is 3.81. The van der Waals surface area contributed by atoms with E-state index in [-0.39, 0.29) is 0 Å². The Labute approximate surface area is 160 Å². The van der Waals surface area contributed by atoms with E-state index in [1.165, 1.54) is 27.3 Å². The lowest BCUT2D eigenvalue weighted by atomic mass is 10.2. The van der Waals surface area contributed by atoms with Crippen LogP contribution in [0.5, 0.6) is 11.5 Å². The van der Waals surface area contributed by atoms with Crippen LogP contribution in [-0.4, -0.2) is 25.2 Å². The molecule has 0 radical (unpaired) electrons. The molecule has 0 spiro atoms. The van der Waals surface area contributed by atoms with Crippen molar-refractivity contribution in [3.63, 3.8) is 0 Å². The fraction of sp³-hybridized carbons (Fsp3) is 0.429. The molecule has 0 atom stereocenters. The largest absolute Gasteiger partial charge is 0.493 e. The van der Waals surface area contributed by atoms with Crippen LogP contribution >= 0.6 is 23.5 Å². The first kappa shape index (κ1) is 20.1. The minimum atomic E-state index is 0.668. The van der Waals surface area contributed by atoms with Gasteiger partial charge < -0.3 is 9.47 Å². The van der Waals surface area contributed by atoms with E-state index in [2.05, 4.69) is 57.4 Å². The first-order valence-corrected chi connectivity index (χ1v) is 11.0. The van der Waals surface area contributed by atoms with Crippen LogP contribution in [0.4, 0.5) is 0 Å². The smallest absolute Gasteiger partial charge is 0.120 e. The summed E-state index contributed by atoms with van der Waals surface area (Å²) >= 11 is 3.66. The lowest BCUT2D eigenvalue weighted by Gasteiger charge is -2.11. The molecule has 2 rings (SSSR count). The molecule has 2 aromatic rings. The molecule has 0 amide bonds. The second-order valence-corrected chi connectivity index (χ2v) is 7.94. The van der Waals surface area contributed by atoms with Crippen molar-refractivity contribution in [1.29, 1.82) is 0 Å². The minimum absolute atomic E-state index is 0.668. The van der Waals surface area contributed by atoms with Gasteiger partial charge in [-0.05, 0) is 73.7 Å². The zero-order valence-electron chi connectivity index (χ0n) is 15.6. The SMILES string of the molecule is CCCSc1cc(OCCCOc2ccc(SC)c(C)c2)ccc1C. The Kier molecular flexibility index (Phi) is 8.56. The molecule has 0 aliphatic rings. The van der Waals surface area contributed by atoms with Crippen molar-refractivity contribution in [2.24, 2.45) is 0 Å². The van der Waals surface area contributed by atoms with Crippen molar-refractivity contribution in [2.45, 2.75) is 43.4 Å². The third kappa shape index (κ3) is 6.52. The maximum atomic E-state index is 5.88. The van der Waals surface area contributed by atoms with Gasteiger partial charge in [-0.1, -0.05) is 13.0 Å². The summed E-state index contributed by atoms with van der Waals surface area (Å²) in [4.78, 5) is 2.62. The molecule has 0 aromatic heterocycles. The van der Waals surface area contributed by atoms with E-state index in [0.29, 0.717) is 13.2 Å². The van der Waals surface area contributed by atoms with E-state index in [1.54, 1.807) is 11.8 Å². The number of thioether (sulfide) groups is 2. The summed E-state index contributed by atoms with van der Waals surface area (Å²) in [5.74, 6) is 3.03. The fourth-order valence-corrected chi connectivity index (χ4v) is 3.92.